The van der Waals surface area contributed by atoms with Crippen LogP contribution in [-0.2, 0) is 0 Å². The lowest BCUT2D eigenvalue weighted by Gasteiger charge is -2.26. The molecule has 1 aromatic rings. The topological polar surface area (TPSA) is 54.4 Å². The van der Waals surface area contributed by atoms with Crippen LogP contribution in [0, 0.1) is 6.92 Å². The number of rotatable bonds is 4. The Balaban J connectivity index is 2.01. The molecule has 19 heavy (non-hydrogen) atoms. The second-order valence-corrected chi connectivity index (χ2v) is 6.50. The third kappa shape index (κ3) is 3.84. The zero-order valence-corrected chi connectivity index (χ0v) is 13.6. The van der Waals surface area contributed by atoms with Gasteiger partial charge < -0.3 is 9.84 Å². The highest BCUT2D eigenvalue weighted by atomic mass is 79.9. The predicted octanol–water partition coefficient (Wildman–Crippen LogP) is 3.06. The Morgan fingerprint density at radius 1 is 1.42 bits per heavy atom. The minimum atomic E-state index is -0.119. The second kappa shape index (κ2) is 6.92. The first-order chi connectivity index (χ1) is 9.11. The molecule has 0 aromatic carbocycles. The lowest BCUT2D eigenvalue weighted by atomic mass is 9.94. The summed E-state index contributed by atoms with van der Waals surface area (Å²) in [6.45, 7) is 2.04. The molecule has 1 heterocycles. The Hall–Kier alpha value is -0.300. The zero-order valence-electron chi connectivity index (χ0n) is 11.1. The van der Waals surface area contributed by atoms with E-state index in [0.717, 1.165) is 40.6 Å². The highest BCUT2D eigenvalue weighted by molar-refractivity contribution is 9.10. The number of methoxy groups -OCH3 is 1. The van der Waals surface area contributed by atoms with Crippen molar-refractivity contribution in [2.45, 2.75) is 49.6 Å². The molecule has 1 aromatic heterocycles. The third-order valence-corrected chi connectivity index (χ3v) is 5.34. The number of nitrogens with one attached hydrogen (secondary N) is 1. The number of ether oxygens (including phenoxy) is 1. The van der Waals surface area contributed by atoms with Gasteiger partial charge in [0.25, 0.3) is 0 Å². The molecule has 0 radical (unpaired) electrons. The van der Waals surface area contributed by atoms with Crippen LogP contribution in [0.25, 0.3) is 0 Å². The highest BCUT2D eigenvalue weighted by Gasteiger charge is 2.20. The first-order valence-electron chi connectivity index (χ1n) is 6.41. The van der Waals surface area contributed by atoms with Crippen molar-refractivity contribution in [1.82, 2.24) is 9.71 Å². The van der Waals surface area contributed by atoms with E-state index in [0.29, 0.717) is 11.9 Å². The summed E-state index contributed by atoms with van der Waals surface area (Å²) in [7, 11) is 1.64. The van der Waals surface area contributed by atoms with E-state index in [1.54, 1.807) is 25.3 Å². The molecular weight excluding hydrogens is 328 g/mol. The number of aliphatic hydroxyl groups excluding tert-OH is 1. The van der Waals surface area contributed by atoms with Crippen LogP contribution in [0.15, 0.2) is 15.6 Å². The molecule has 2 N–H and O–H groups in total. The number of hydrogen-bond acceptors (Lipinski definition) is 5. The van der Waals surface area contributed by atoms with E-state index < -0.39 is 0 Å². The van der Waals surface area contributed by atoms with E-state index in [1.165, 1.54) is 0 Å². The van der Waals surface area contributed by atoms with Crippen LogP contribution in [-0.4, -0.2) is 29.3 Å². The Morgan fingerprint density at radius 3 is 2.74 bits per heavy atom. The average Bonchev–Trinajstić information content (AvgIpc) is 2.42. The fraction of sp³-hybridized carbons (Fsp3) is 0.615. The number of halogens is 1. The molecule has 4 nitrogen and oxygen atoms in total. The van der Waals surface area contributed by atoms with Crippen molar-refractivity contribution in [3.8, 4) is 5.88 Å². The van der Waals surface area contributed by atoms with Crippen molar-refractivity contribution in [3.05, 3.63) is 16.2 Å². The van der Waals surface area contributed by atoms with Crippen LogP contribution in [0.3, 0.4) is 0 Å². The number of hydrogen-bond donors (Lipinski definition) is 2. The molecule has 0 atom stereocenters. The molecule has 0 unspecified atom stereocenters. The van der Waals surface area contributed by atoms with Gasteiger partial charge in [0.2, 0.25) is 5.88 Å². The maximum absolute atomic E-state index is 9.50. The quantitative estimate of drug-likeness (QED) is 0.820. The number of pyridine rings is 1. The molecule has 0 saturated heterocycles. The zero-order chi connectivity index (χ0) is 13.8. The molecule has 0 spiro atoms. The molecule has 0 amide bonds. The van der Waals surface area contributed by atoms with Crippen LogP contribution < -0.4 is 9.46 Å². The average molecular weight is 347 g/mol. The summed E-state index contributed by atoms with van der Waals surface area (Å²) in [5, 5.41) is 9.50. The van der Waals surface area contributed by atoms with Gasteiger partial charge in [0, 0.05) is 16.7 Å². The van der Waals surface area contributed by atoms with Gasteiger partial charge >= 0.3 is 0 Å². The predicted molar refractivity (Wildman–Crippen MR) is 80.5 cm³/mol. The Bertz CT molecular complexity index is 437. The maximum atomic E-state index is 9.50. The molecule has 106 valence electrons. The summed E-state index contributed by atoms with van der Waals surface area (Å²) in [4.78, 5) is 5.28. The Morgan fingerprint density at radius 2 is 2.11 bits per heavy atom. The van der Waals surface area contributed by atoms with Gasteiger partial charge in [-0.05, 0) is 66.0 Å². The monoisotopic (exact) mass is 346 g/mol. The van der Waals surface area contributed by atoms with Gasteiger partial charge in [0.15, 0.2) is 0 Å². The summed E-state index contributed by atoms with van der Waals surface area (Å²) in [5.41, 5.74) is 1.13. The van der Waals surface area contributed by atoms with Gasteiger partial charge in [-0.2, -0.15) is 0 Å². The number of aliphatic hydroxyl groups is 1. The van der Waals surface area contributed by atoms with Crippen molar-refractivity contribution >= 4 is 27.9 Å². The molecule has 2 rings (SSSR count). The van der Waals surface area contributed by atoms with Crippen molar-refractivity contribution in [2.24, 2.45) is 0 Å². The standard InChI is InChI=1S/C13H19BrN2O2S/c1-8-11(14)7-15-13(18-2)12(8)19-16-9-3-5-10(17)6-4-9/h7,9-10,16-17H,3-6H2,1-2H3. The van der Waals surface area contributed by atoms with E-state index in [2.05, 4.69) is 25.6 Å². The highest BCUT2D eigenvalue weighted by Crippen LogP contribution is 2.34. The molecule has 1 aliphatic rings. The molecule has 0 bridgehead atoms. The summed E-state index contributed by atoms with van der Waals surface area (Å²) in [5.74, 6) is 0.647. The molecular formula is C13H19BrN2O2S. The lowest BCUT2D eigenvalue weighted by molar-refractivity contribution is 0.121. The van der Waals surface area contributed by atoms with Crippen molar-refractivity contribution < 1.29 is 9.84 Å². The van der Waals surface area contributed by atoms with Gasteiger partial charge in [0.1, 0.15) is 0 Å². The van der Waals surface area contributed by atoms with E-state index in [-0.39, 0.29) is 6.10 Å². The van der Waals surface area contributed by atoms with Crippen LogP contribution in [0.4, 0.5) is 0 Å². The molecule has 0 aliphatic heterocycles. The summed E-state index contributed by atoms with van der Waals surface area (Å²) in [6.07, 6.45) is 5.42. The van der Waals surface area contributed by atoms with Crippen molar-refractivity contribution in [1.29, 1.82) is 0 Å². The van der Waals surface area contributed by atoms with Crippen LogP contribution >= 0.6 is 27.9 Å². The smallest absolute Gasteiger partial charge is 0.228 e. The van der Waals surface area contributed by atoms with Gasteiger partial charge in [-0.1, -0.05) is 0 Å². The minimum absolute atomic E-state index is 0.119. The fourth-order valence-electron chi connectivity index (χ4n) is 2.14. The molecule has 1 saturated carbocycles. The third-order valence-electron chi connectivity index (χ3n) is 3.41. The fourth-order valence-corrected chi connectivity index (χ4v) is 3.58. The maximum Gasteiger partial charge on any atom is 0.228 e. The van der Waals surface area contributed by atoms with E-state index in [1.807, 2.05) is 6.92 Å². The molecule has 1 aliphatic carbocycles. The van der Waals surface area contributed by atoms with Gasteiger partial charge in [0.05, 0.1) is 18.1 Å². The number of nitrogens with zero attached hydrogens (tertiary/aromatic N) is 1. The first-order valence-corrected chi connectivity index (χ1v) is 8.02. The molecule has 1 fully saturated rings. The van der Waals surface area contributed by atoms with Gasteiger partial charge in [-0.15, -0.1) is 0 Å². The van der Waals surface area contributed by atoms with Crippen LogP contribution in [0.1, 0.15) is 31.2 Å². The SMILES string of the molecule is COc1ncc(Br)c(C)c1SNC1CCC(O)CC1. The number of aromatic nitrogens is 1. The Labute approximate surface area is 126 Å². The lowest BCUT2D eigenvalue weighted by Crippen LogP contribution is -2.30. The summed E-state index contributed by atoms with van der Waals surface area (Å²) in [6, 6.07) is 0.441. The van der Waals surface area contributed by atoms with Crippen molar-refractivity contribution in [3.63, 3.8) is 0 Å². The largest absolute Gasteiger partial charge is 0.480 e. The van der Waals surface area contributed by atoms with E-state index in [9.17, 15) is 5.11 Å². The summed E-state index contributed by atoms with van der Waals surface area (Å²) >= 11 is 5.06. The first kappa shape index (κ1) is 15.1. The van der Waals surface area contributed by atoms with Gasteiger partial charge in [-0.3, -0.25) is 4.72 Å². The normalized spacial score (nSPS) is 23.4. The minimum Gasteiger partial charge on any atom is -0.480 e. The van der Waals surface area contributed by atoms with E-state index >= 15 is 0 Å². The summed E-state index contributed by atoms with van der Waals surface area (Å²) < 4.78 is 9.75. The van der Waals surface area contributed by atoms with Crippen LogP contribution in [0.5, 0.6) is 5.88 Å². The van der Waals surface area contributed by atoms with Crippen LogP contribution in [0.2, 0.25) is 0 Å². The Kier molecular flexibility index (Phi) is 5.50. The molecule has 6 heteroatoms. The van der Waals surface area contributed by atoms with E-state index in [4.69, 9.17) is 4.74 Å². The second-order valence-electron chi connectivity index (χ2n) is 4.79. The van der Waals surface area contributed by atoms with Crippen molar-refractivity contribution in [2.75, 3.05) is 7.11 Å². The van der Waals surface area contributed by atoms with Gasteiger partial charge in [-0.25, -0.2) is 4.98 Å².